The average Bonchev–Trinajstić information content (AvgIpc) is 4.08. The Morgan fingerprint density at radius 1 is 0.724 bits per heavy atom. The van der Waals surface area contributed by atoms with Crippen molar-refractivity contribution in [1.29, 1.82) is 0 Å². The second kappa shape index (κ2) is 15.9. The Hall–Kier alpha value is -5.12. The maximum Gasteiger partial charge on any atom is 0.306 e. The molecular weight excluding hydrogens is 729 g/mol. The van der Waals surface area contributed by atoms with E-state index in [1.54, 1.807) is 0 Å². The predicted molar refractivity (Wildman–Crippen MR) is 225 cm³/mol. The van der Waals surface area contributed by atoms with Gasteiger partial charge in [-0.15, -0.1) is 0 Å². The molecule has 3 aromatic rings. The monoisotopic (exact) mass is 784 g/mol. The van der Waals surface area contributed by atoms with Crippen LogP contribution in [0.5, 0.6) is 0 Å². The molecule has 5 atom stereocenters. The minimum absolute atomic E-state index is 0.0196. The molecule has 58 heavy (non-hydrogen) atoms. The van der Waals surface area contributed by atoms with Crippen molar-refractivity contribution in [3.05, 3.63) is 71.8 Å². The van der Waals surface area contributed by atoms with Crippen molar-refractivity contribution in [3.8, 4) is 22.3 Å². The van der Waals surface area contributed by atoms with E-state index in [0.29, 0.717) is 18.9 Å². The molecule has 10 nitrogen and oxygen atoms in total. The minimum Gasteiger partial charge on any atom is -0.469 e. The highest BCUT2D eigenvalue weighted by atomic mass is 16.5. The summed E-state index contributed by atoms with van der Waals surface area (Å²) in [6.45, 7) is 9.41. The molecule has 0 N–H and O–H groups in total. The lowest BCUT2D eigenvalue weighted by atomic mass is 9.84. The molecule has 3 aromatic carbocycles. The number of hydrogen-bond donors (Lipinski definition) is 0. The van der Waals surface area contributed by atoms with Gasteiger partial charge >= 0.3 is 11.9 Å². The molecule has 2 unspecified atom stereocenters. The summed E-state index contributed by atoms with van der Waals surface area (Å²) >= 11 is 0. The number of likely N-dealkylation sites (tertiary alicyclic amines) is 2. The van der Waals surface area contributed by atoms with Crippen LogP contribution in [0.25, 0.3) is 22.3 Å². The number of carbonyl (C=O) groups is 4. The van der Waals surface area contributed by atoms with Gasteiger partial charge in [0.25, 0.3) is 0 Å². The van der Waals surface area contributed by atoms with Gasteiger partial charge in [-0.25, -0.2) is 0 Å². The summed E-state index contributed by atoms with van der Waals surface area (Å²) in [6, 6.07) is 21.6. The van der Waals surface area contributed by atoms with Crippen LogP contribution < -0.4 is 0 Å². The number of ether oxygens (including phenoxy) is 2. The number of amides is 2. The number of fused-ring (bicyclic) bond motifs is 4. The van der Waals surface area contributed by atoms with Crippen LogP contribution in [0, 0.1) is 29.6 Å². The topological polar surface area (TPSA) is 118 Å². The predicted octanol–water partition coefficient (Wildman–Crippen LogP) is 8.32. The number of methoxy groups -OCH3 is 2. The van der Waals surface area contributed by atoms with Crippen LogP contribution >= 0.6 is 0 Å². The number of esters is 2. The molecule has 3 fully saturated rings. The van der Waals surface area contributed by atoms with E-state index in [1.807, 2.05) is 32.6 Å². The van der Waals surface area contributed by atoms with E-state index in [4.69, 9.17) is 19.5 Å². The molecule has 2 bridgehead atoms. The van der Waals surface area contributed by atoms with E-state index in [9.17, 15) is 19.2 Å². The van der Waals surface area contributed by atoms with E-state index < -0.39 is 11.8 Å². The molecular formula is C48H56N4O6. The standard InChI is InChI=1S/C48H56N4O6/c1-28(2)37(24-44(53)57-5)46(55)51-19-7-8-42(51)41-22-35-20-33(13-15-39(35)49-41)31-9-11-32(12-10-31)34-14-16-40-36(21-34)23-43(50-40)48-18-17-30(26-48)27-52(48)47(56)38(29(3)4)25-45(54)58-6/h9-16,20-21,28-30,37-38,42H,7-8,17-19,22-27H2,1-6H3/t30?,37-,38-,42-,48?/m0/s1. The van der Waals surface area contributed by atoms with Crippen LogP contribution in [0.15, 0.2) is 70.6 Å². The van der Waals surface area contributed by atoms with Crippen molar-refractivity contribution in [2.75, 3.05) is 27.3 Å². The molecule has 10 heteroatoms. The van der Waals surface area contributed by atoms with E-state index in [-0.39, 0.29) is 60.0 Å². The second-order valence-electron chi connectivity index (χ2n) is 17.8. The smallest absolute Gasteiger partial charge is 0.306 e. The van der Waals surface area contributed by atoms with Gasteiger partial charge in [0, 0.05) is 37.4 Å². The van der Waals surface area contributed by atoms with E-state index >= 15 is 0 Å². The third-order valence-electron chi connectivity index (χ3n) is 13.7. The maximum atomic E-state index is 14.1. The van der Waals surface area contributed by atoms with Crippen LogP contribution in [0.3, 0.4) is 0 Å². The Balaban J connectivity index is 0.939. The minimum atomic E-state index is -0.409. The molecule has 1 aliphatic carbocycles. The number of nitrogens with zero attached hydrogens (tertiary/aromatic N) is 4. The Morgan fingerprint density at radius 2 is 1.28 bits per heavy atom. The number of aliphatic imine (C=N–C) groups is 2. The zero-order chi connectivity index (χ0) is 40.9. The highest BCUT2D eigenvalue weighted by Crippen LogP contribution is 2.51. The summed E-state index contributed by atoms with van der Waals surface area (Å²) in [7, 11) is 2.75. The lowest BCUT2D eigenvalue weighted by Crippen LogP contribution is -2.55. The van der Waals surface area contributed by atoms with Gasteiger partial charge in [0.05, 0.1) is 61.9 Å². The van der Waals surface area contributed by atoms with Crippen molar-refractivity contribution in [2.24, 2.45) is 39.6 Å². The third kappa shape index (κ3) is 7.28. The number of piperidine rings is 1. The summed E-state index contributed by atoms with van der Waals surface area (Å²) < 4.78 is 9.86. The van der Waals surface area contributed by atoms with E-state index in [2.05, 4.69) is 65.6 Å². The third-order valence-corrected chi connectivity index (χ3v) is 13.7. The van der Waals surface area contributed by atoms with Crippen LogP contribution in [-0.2, 0) is 41.5 Å². The first kappa shape index (κ1) is 39.7. The molecule has 1 saturated carbocycles. The molecule has 304 valence electrons. The summed E-state index contributed by atoms with van der Waals surface area (Å²) in [4.78, 5) is 66.5. The van der Waals surface area contributed by atoms with Gasteiger partial charge < -0.3 is 19.3 Å². The molecule has 0 radical (unpaired) electrons. The van der Waals surface area contributed by atoms with Crippen molar-refractivity contribution < 1.29 is 28.7 Å². The zero-order valence-electron chi connectivity index (χ0n) is 34.8. The lowest BCUT2D eigenvalue weighted by molar-refractivity contribution is -0.149. The first-order chi connectivity index (χ1) is 27.9. The molecule has 2 amide bonds. The van der Waals surface area contributed by atoms with Crippen LogP contribution in [0.2, 0.25) is 0 Å². The summed E-state index contributed by atoms with van der Waals surface area (Å²) in [6.07, 6.45) is 6.37. The van der Waals surface area contributed by atoms with Gasteiger partial charge in [-0.2, -0.15) is 0 Å². The van der Waals surface area contributed by atoms with Crippen molar-refractivity contribution in [1.82, 2.24) is 9.80 Å². The Bertz CT molecular complexity index is 2190. The lowest BCUT2D eigenvalue weighted by Gasteiger charge is -2.41. The highest BCUT2D eigenvalue weighted by Gasteiger charge is 2.57. The van der Waals surface area contributed by atoms with E-state index in [0.717, 1.165) is 90.1 Å². The number of hydrogen-bond acceptors (Lipinski definition) is 8. The summed E-state index contributed by atoms with van der Waals surface area (Å²) in [5.74, 6) is -0.918. The molecule has 0 aromatic heterocycles. The highest BCUT2D eigenvalue weighted by molar-refractivity contribution is 6.05. The Morgan fingerprint density at radius 3 is 1.84 bits per heavy atom. The van der Waals surface area contributed by atoms with Crippen molar-refractivity contribution >= 4 is 46.6 Å². The normalized spacial score (nSPS) is 22.8. The number of benzene rings is 3. The van der Waals surface area contributed by atoms with Crippen LogP contribution in [0.1, 0.15) is 83.8 Å². The quantitative estimate of drug-likeness (QED) is 0.171. The molecule has 0 spiro atoms. The van der Waals surface area contributed by atoms with Gasteiger partial charge in [0.1, 0.15) is 0 Å². The Labute approximate surface area is 342 Å². The van der Waals surface area contributed by atoms with Crippen LogP contribution in [0.4, 0.5) is 11.4 Å². The van der Waals surface area contributed by atoms with Gasteiger partial charge in [-0.05, 0) is 108 Å². The van der Waals surface area contributed by atoms with Crippen LogP contribution in [-0.4, -0.2) is 83.9 Å². The fourth-order valence-electron chi connectivity index (χ4n) is 10.3. The van der Waals surface area contributed by atoms with Crippen molar-refractivity contribution in [2.45, 2.75) is 97.1 Å². The SMILES string of the molecule is COC(=O)C[C@H](C(=O)N1CCC[C@H]1C1=Nc2ccc(-c3ccc(-c4ccc5c(c4)CC(C46CCC(CN4C(=O)[C@@H](CC(=O)OC)C(C)C)C6)=N5)cc3)cc2C1)C(C)C. The Kier molecular flexibility index (Phi) is 10.9. The molecule has 5 aliphatic rings. The number of carbonyl (C=O) groups excluding carboxylic acids is 4. The van der Waals surface area contributed by atoms with Gasteiger partial charge in [0.15, 0.2) is 0 Å². The summed E-state index contributed by atoms with van der Waals surface area (Å²) in [5, 5.41) is 0. The average molecular weight is 785 g/mol. The van der Waals surface area contributed by atoms with Gasteiger partial charge in [-0.1, -0.05) is 64.1 Å². The molecule has 4 aliphatic heterocycles. The van der Waals surface area contributed by atoms with Gasteiger partial charge in [0.2, 0.25) is 11.8 Å². The fraction of sp³-hybridized carbons (Fsp3) is 0.500. The largest absolute Gasteiger partial charge is 0.469 e. The van der Waals surface area contributed by atoms with Crippen molar-refractivity contribution in [3.63, 3.8) is 0 Å². The van der Waals surface area contributed by atoms with E-state index in [1.165, 1.54) is 25.3 Å². The van der Waals surface area contributed by atoms with Gasteiger partial charge in [-0.3, -0.25) is 29.2 Å². The number of rotatable bonds is 12. The summed E-state index contributed by atoms with van der Waals surface area (Å²) in [5.41, 5.74) is 10.5. The maximum absolute atomic E-state index is 14.1. The fourth-order valence-corrected chi connectivity index (χ4v) is 10.3. The second-order valence-corrected chi connectivity index (χ2v) is 17.8. The first-order valence-electron chi connectivity index (χ1n) is 21.2. The molecule has 2 saturated heterocycles. The zero-order valence-corrected chi connectivity index (χ0v) is 34.8. The molecule has 4 heterocycles. The first-order valence-corrected chi connectivity index (χ1v) is 21.2. The molecule has 8 rings (SSSR count).